The van der Waals surface area contributed by atoms with Crippen LogP contribution in [0.25, 0.3) is 0 Å². The third-order valence-corrected chi connectivity index (χ3v) is 6.16. The van der Waals surface area contributed by atoms with Crippen molar-refractivity contribution < 1.29 is 0 Å². The van der Waals surface area contributed by atoms with Crippen molar-refractivity contribution in [3.8, 4) is 0 Å². The fraction of sp³-hybridized carbons (Fsp3) is 0.920. The molecule has 0 aromatic rings. The molecule has 0 aromatic carbocycles. The van der Waals surface area contributed by atoms with Crippen LogP contribution in [0.5, 0.6) is 0 Å². The maximum Gasteiger partial charge on any atom is 0.100 e. The van der Waals surface area contributed by atoms with Gasteiger partial charge in [-0.1, -0.05) is 117 Å². The molecule has 0 fully saturated rings. The molecule has 1 aliphatic rings. The van der Waals surface area contributed by atoms with Gasteiger partial charge >= 0.3 is 0 Å². The van der Waals surface area contributed by atoms with Gasteiger partial charge in [-0.2, -0.15) is 0 Å². The first-order valence-electron chi connectivity index (χ1n) is 12.5. The Labute approximate surface area is 171 Å². The molecule has 1 aliphatic heterocycles. The van der Waals surface area contributed by atoms with Crippen LogP contribution >= 0.6 is 0 Å². The van der Waals surface area contributed by atoms with E-state index in [2.05, 4.69) is 43.1 Å². The molecular formula is C25H50N2. The van der Waals surface area contributed by atoms with Crippen molar-refractivity contribution in [3.05, 3.63) is 12.4 Å². The first-order valence-corrected chi connectivity index (χ1v) is 12.5. The number of hydrogen-bond donors (Lipinski definition) is 0. The van der Waals surface area contributed by atoms with Gasteiger partial charge in [0.05, 0.1) is 0 Å². The van der Waals surface area contributed by atoms with E-state index in [1.165, 1.54) is 122 Å². The van der Waals surface area contributed by atoms with E-state index < -0.39 is 0 Å². The minimum Gasteiger partial charge on any atom is -0.359 e. The Morgan fingerprint density at radius 1 is 0.556 bits per heavy atom. The molecule has 0 bridgehead atoms. The highest BCUT2D eigenvalue weighted by molar-refractivity contribution is 4.95. The third-order valence-electron chi connectivity index (χ3n) is 6.16. The lowest BCUT2D eigenvalue weighted by atomic mass is 10.0. The second kappa shape index (κ2) is 17.4. The molecule has 1 rings (SSSR count). The highest BCUT2D eigenvalue weighted by atomic mass is 15.4. The maximum atomic E-state index is 2.55. The van der Waals surface area contributed by atoms with Gasteiger partial charge in [-0.25, -0.2) is 0 Å². The Morgan fingerprint density at radius 2 is 1.00 bits per heavy atom. The number of unbranched alkanes of at least 4 members (excludes halogenated alkanes) is 15. The zero-order chi connectivity index (χ0) is 19.6. The van der Waals surface area contributed by atoms with Crippen molar-refractivity contribution in [3.63, 3.8) is 0 Å². The van der Waals surface area contributed by atoms with Gasteiger partial charge in [0.1, 0.15) is 6.17 Å². The number of rotatable bonds is 19. The van der Waals surface area contributed by atoms with Crippen molar-refractivity contribution in [2.24, 2.45) is 0 Å². The second-order valence-electron chi connectivity index (χ2n) is 8.77. The molecule has 2 nitrogen and oxygen atoms in total. The topological polar surface area (TPSA) is 6.48 Å². The van der Waals surface area contributed by atoms with Crippen molar-refractivity contribution in [1.29, 1.82) is 0 Å². The average molecular weight is 379 g/mol. The Bertz CT molecular complexity index is 339. The quantitative estimate of drug-likeness (QED) is 0.209. The third kappa shape index (κ3) is 12.4. The molecule has 0 amide bonds. The van der Waals surface area contributed by atoms with Crippen molar-refractivity contribution in [2.45, 2.75) is 136 Å². The molecule has 0 radical (unpaired) electrons. The summed E-state index contributed by atoms with van der Waals surface area (Å²) < 4.78 is 0. The van der Waals surface area contributed by atoms with E-state index >= 15 is 0 Å². The minimum absolute atomic E-state index is 0.617. The SMILES string of the molecule is CCCCCCCCCCCCCCCCCCN1C=CN(C)C1CCC. The summed E-state index contributed by atoms with van der Waals surface area (Å²) >= 11 is 0. The van der Waals surface area contributed by atoms with E-state index in [0.717, 1.165) is 0 Å². The molecule has 1 unspecified atom stereocenters. The Hall–Kier alpha value is -0.660. The molecule has 0 aliphatic carbocycles. The number of hydrogen-bond acceptors (Lipinski definition) is 2. The van der Waals surface area contributed by atoms with Crippen LogP contribution in [0.2, 0.25) is 0 Å². The summed E-state index contributed by atoms with van der Waals surface area (Å²) in [6.45, 7) is 5.83. The van der Waals surface area contributed by atoms with Gasteiger partial charge < -0.3 is 9.80 Å². The van der Waals surface area contributed by atoms with E-state index in [-0.39, 0.29) is 0 Å². The van der Waals surface area contributed by atoms with Crippen molar-refractivity contribution in [1.82, 2.24) is 9.80 Å². The van der Waals surface area contributed by atoms with Crippen LogP contribution in [0, 0.1) is 0 Å². The zero-order valence-electron chi connectivity index (χ0n) is 19.1. The van der Waals surface area contributed by atoms with Crippen LogP contribution < -0.4 is 0 Å². The summed E-state index contributed by atoms with van der Waals surface area (Å²) in [7, 11) is 2.21. The molecular weight excluding hydrogens is 328 g/mol. The largest absolute Gasteiger partial charge is 0.359 e. The van der Waals surface area contributed by atoms with Crippen LogP contribution in [0.15, 0.2) is 12.4 Å². The lowest BCUT2D eigenvalue weighted by Crippen LogP contribution is -2.36. The van der Waals surface area contributed by atoms with Crippen LogP contribution in [0.1, 0.15) is 129 Å². The fourth-order valence-electron chi connectivity index (χ4n) is 4.32. The Balaban J connectivity index is 1.79. The molecule has 27 heavy (non-hydrogen) atoms. The maximum absolute atomic E-state index is 2.55. The zero-order valence-corrected chi connectivity index (χ0v) is 19.1. The first kappa shape index (κ1) is 24.4. The summed E-state index contributed by atoms with van der Waals surface area (Å²) in [5.41, 5.74) is 0. The predicted molar refractivity (Wildman–Crippen MR) is 122 cm³/mol. The molecule has 160 valence electrons. The summed E-state index contributed by atoms with van der Waals surface area (Å²) in [6.07, 6.45) is 30.9. The summed E-state index contributed by atoms with van der Waals surface area (Å²) in [6, 6.07) is 0. The molecule has 1 heterocycles. The van der Waals surface area contributed by atoms with Gasteiger partial charge in [0.2, 0.25) is 0 Å². The lowest BCUT2D eigenvalue weighted by molar-refractivity contribution is 0.162. The highest BCUT2D eigenvalue weighted by Gasteiger charge is 2.21. The van der Waals surface area contributed by atoms with Gasteiger partial charge in [0.25, 0.3) is 0 Å². The molecule has 2 heteroatoms. The normalized spacial score (nSPS) is 16.6. The molecule has 0 N–H and O–H groups in total. The van der Waals surface area contributed by atoms with Crippen LogP contribution in [-0.2, 0) is 0 Å². The lowest BCUT2D eigenvalue weighted by Gasteiger charge is -2.30. The number of nitrogens with zero attached hydrogens (tertiary/aromatic N) is 2. The van der Waals surface area contributed by atoms with Gasteiger partial charge in [0, 0.05) is 26.0 Å². The molecule has 1 atom stereocenters. The van der Waals surface area contributed by atoms with Crippen molar-refractivity contribution in [2.75, 3.05) is 13.6 Å². The standard InChI is InChI=1S/C25H50N2/c1-4-6-7-8-9-10-11-12-13-14-15-16-17-18-19-20-22-27-24-23-26(3)25(27)21-5-2/h23-25H,4-22H2,1-3H3. The van der Waals surface area contributed by atoms with E-state index in [1.54, 1.807) is 0 Å². The molecule has 0 saturated carbocycles. The molecule has 0 spiro atoms. The summed E-state index contributed by atoms with van der Waals surface area (Å²) in [5.74, 6) is 0. The van der Waals surface area contributed by atoms with Gasteiger partial charge in [0.15, 0.2) is 0 Å². The smallest absolute Gasteiger partial charge is 0.100 e. The van der Waals surface area contributed by atoms with Crippen LogP contribution in [0.3, 0.4) is 0 Å². The van der Waals surface area contributed by atoms with Crippen LogP contribution in [0.4, 0.5) is 0 Å². The van der Waals surface area contributed by atoms with E-state index in [1.807, 2.05) is 0 Å². The summed E-state index contributed by atoms with van der Waals surface area (Å²) in [5, 5.41) is 0. The van der Waals surface area contributed by atoms with Gasteiger partial charge in [-0.3, -0.25) is 0 Å². The van der Waals surface area contributed by atoms with E-state index in [4.69, 9.17) is 0 Å². The average Bonchev–Trinajstić information content (AvgIpc) is 3.01. The predicted octanol–water partition coefficient (Wildman–Crippen LogP) is 8.09. The van der Waals surface area contributed by atoms with Gasteiger partial charge in [-0.05, 0) is 12.8 Å². The highest BCUT2D eigenvalue weighted by Crippen LogP contribution is 2.19. The van der Waals surface area contributed by atoms with Crippen molar-refractivity contribution >= 4 is 0 Å². The van der Waals surface area contributed by atoms with Gasteiger partial charge in [-0.15, -0.1) is 0 Å². The van der Waals surface area contributed by atoms with E-state index in [0.29, 0.717) is 6.17 Å². The Kier molecular flexibility index (Phi) is 15.7. The fourth-order valence-corrected chi connectivity index (χ4v) is 4.32. The summed E-state index contributed by atoms with van der Waals surface area (Å²) in [4.78, 5) is 4.92. The second-order valence-corrected chi connectivity index (χ2v) is 8.77. The minimum atomic E-state index is 0.617. The van der Waals surface area contributed by atoms with E-state index in [9.17, 15) is 0 Å². The molecule has 0 saturated heterocycles. The molecule has 0 aromatic heterocycles. The monoisotopic (exact) mass is 378 g/mol. The Morgan fingerprint density at radius 3 is 1.44 bits per heavy atom. The first-order chi connectivity index (χ1) is 13.3. The van der Waals surface area contributed by atoms with Crippen LogP contribution in [-0.4, -0.2) is 29.6 Å².